The number of nitrogens with zero attached hydrogens (tertiary/aromatic N) is 1. The van der Waals surface area contributed by atoms with Crippen LogP contribution in [0.15, 0.2) is 16.6 Å². The Hall–Kier alpha value is -0.853. The van der Waals surface area contributed by atoms with E-state index in [0.717, 1.165) is 23.0 Å². The molecule has 0 spiro atoms. The summed E-state index contributed by atoms with van der Waals surface area (Å²) < 4.78 is 13.0. The molecule has 0 unspecified atom stereocenters. The Labute approximate surface area is 173 Å². The van der Waals surface area contributed by atoms with Gasteiger partial charge in [0.05, 0.1) is 5.69 Å². The lowest BCUT2D eigenvalue weighted by molar-refractivity contribution is 0.0584. The third-order valence-electron chi connectivity index (χ3n) is 5.46. The Morgan fingerprint density at radius 1 is 1.19 bits per heavy atom. The van der Waals surface area contributed by atoms with Crippen molar-refractivity contribution in [1.82, 2.24) is 0 Å². The Balaban J connectivity index is 2.16. The second-order valence-corrected chi connectivity index (χ2v) is 15.4. The maximum absolute atomic E-state index is 12.5. The zero-order valence-corrected chi connectivity index (χ0v) is 20.6. The van der Waals surface area contributed by atoms with Gasteiger partial charge in [-0.25, -0.2) is 4.79 Å². The number of benzene rings is 1. The fourth-order valence-corrected chi connectivity index (χ4v) is 4.54. The number of hydrogen-bond donors (Lipinski definition) is 0. The summed E-state index contributed by atoms with van der Waals surface area (Å²) in [5.41, 5.74) is 2.95. The van der Waals surface area contributed by atoms with Crippen molar-refractivity contribution in [2.24, 2.45) is 0 Å². The highest BCUT2D eigenvalue weighted by atomic mass is 79.9. The van der Waals surface area contributed by atoms with Gasteiger partial charge in [0.2, 0.25) is 0 Å². The number of anilines is 1. The van der Waals surface area contributed by atoms with Gasteiger partial charge in [-0.3, -0.25) is 4.90 Å². The van der Waals surface area contributed by atoms with E-state index in [0.29, 0.717) is 13.2 Å². The molecule has 0 bridgehead atoms. The van der Waals surface area contributed by atoms with Crippen LogP contribution >= 0.6 is 15.9 Å². The average molecular weight is 456 g/mol. The van der Waals surface area contributed by atoms with Gasteiger partial charge >= 0.3 is 6.09 Å². The second-order valence-electron chi connectivity index (χ2n) is 9.76. The molecule has 4 nitrogen and oxygen atoms in total. The lowest BCUT2D eigenvalue weighted by Gasteiger charge is -2.36. The Kier molecular flexibility index (Phi) is 6.54. The SMILES string of the molecule is CC(C)(C)OC(=O)N1CCc2c1ccc(Br)c2CCO[Si](C)(C)C(C)(C)C. The van der Waals surface area contributed by atoms with Crippen molar-refractivity contribution in [3.05, 3.63) is 27.7 Å². The largest absolute Gasteiger partial charge is 0.443 e. The Morgan fingerprint density at radius 3 is 2.37 bits per heavy atom. The third-order valence-corrected chi connectivity index (χ3v) is 10.7. The Bertz CT molecular complexity index is 705. The second kappa shape index (κ2) is 7.88. The Morgan fingerprint density at radius 2 is 1.81 bits per heavy atom. The maximum Gasteiger partial charge on any atom is 0.414 e. The molecule has 1 aliphatic heterocycles. The van der Waals surface area contributed by atoms with E-state index in [2.05, 4.69) is 49.8 Å². The van der Waals surface area contributed by atoms with Crippen molar-refractivity contribution >= 4 is 36.0 Å². The van der Waals surface area contributed by atoms with Crippen LogP contribution in [-0.2, 0) is 22.0 Å². The number of fused-ring (bicyclic) bond motifs is 1. The summed E-state index contributed by atoms with van der Waals surface area (Å²) in [5, 5.41) is 0.205. The normalized spacial score (nSPS) is 15.1. The van der Waals surface area contributed by atoms with Crippen molar-refractivity contribution in [2.75, 3.05) is 18.1 Å². The molecule has 0 saturated carbocycles. The number of carbonyl (C=O) groups excluding carboxylic acids is 1. The van der Waals surface area contributed by atoms with E-state index in [1.807, 2.05) is 32.9 Å². The summed E-state index contributed by atoms with van der Waals surface area (Å²) in [5.74, 6) is 0. The standard InChI is InChI=1S/C21H34BrNO3Si/c1-20(2,3)26-19(24)23-13-11-16-15(17(22)9-10-18(16)23)12-14-25-27(7,8)21(4,5)6/h9-10H,11-14H2,1-8H3. The predicted octanol–water partition coefficient (Wildman–Crippen LogP) is 6.31. The summed E-state index contributed by atoms with van der Waals surface area (Å²) in [7, 11) is -1.76. The quantitative estimate of drug-likeness (QED) is 0.499. The van der Waals surface area contributed by atoms with Gasteiger partial charge in [0.1, 0.15) is 5.60 Å². The highest BCUT2D eigenvalue weighted by Gasteiger charge is 2.37. The van der Waals surface area contributed by atoms with Gasteiger partial charge in [0.15, 0.2) is 8.32 Å². The zero-order valence-electron chi connectivity index (χ0n) is 18.0. The van der Waals surface area contributed by atoms with Crippen LogP contribution < -0.4 is 4.90 Å². The number of ether oxygens (including phenoxy) is 1. The van der Waals surface area contributed by atoms with Crippen LogP contribution in [0.4, 0.5) is 10.5 Å². The number of amides is 1. The third kappa shape index (κ3) is 5.36. The van der Waals surface area contributed by atoms with Gasteiger partial charge in [0.25, 0.3) is 0 Å². The number of rotatable bonds is 4. The van der Waals surface area contributed by atoms with Crippen LogP contribution in [0.2, 0.25) is 18.1 Å². The summed E-state index contributed by atoms with van der Waals surface area (Å²) >= 11 is 3.70. The molecule has 1 amide bonds. The molecule has 0 atom stereocenters. The van der Waals surface area contributed by atoms with Crippen LogP contribution in [0.5, 0.6) is 0 Å². The lowest BCUT2D eigenvalue weighted by Crippen LogP contribution is -2.41. The van der Waals surface area contributed by atoms with E-state index in [9.17, 15) is 4.79 Å². The first-order chi connectivity index (χ1) is 12.2. The summed E-state index contributed by atoms with van der Waals surface area (Å²) in [6.45, 7) is 18.4. The molecule has 27 heavy (non-hydrogen) atoms. The van der Waals surface area contributed by atoms with E-state index in [1.165, 1.54) is 11.1 Å². The fourth-order valence-electron chi connectivity index (χ4n) is 2.93. The molecule has 1 heterocycles. The minimum atomic E-state index is -1.76. The number of halogens is 1. The first kappa shape index (κ1) is 22.4. The van der Waals surface area contributed by atoms with Gasteiger partial charge in [-0.1, -0.05) is 36.7 Å². The van der Waals surface area contributed by atoms with Crippen molar-refractivity contribution in [1.29, 1.82) is 0 Å². The maximum atomic E-state index is 12.5. The molecule has 0 aromatic heterocycles. The van der Waals surface area contributed by atoms with E-state index in [-0.39, 0.29) is 11.1 Å². The molecule has 152 valence electrons. The van der Waals surface area contributed by atoms with Crippen molar-refractivity contribution < 1.29 is 14.0 Å². The van der Waals surface area contributed by atoms with E-state index in [4.69, 9.17) is 9.16 Å². The molecular formula is C21H34BrNO3Si. The van der Waals surface area contributed by atoms with Gasteiger partial charge in [-0.15, -0.1) is 0 Å². The van der Waals surface area contributed by atoms with Gasteiger partial charge < -0.3 is 9.16 Å². The van der Waals surface area contributed by atoms with E-state index >= 15 is 0 Å². The average Bonchev–Trinajstić information content (AvgIpc) is 2.90. The van der Waals surface area contributed by atoms with Gasteiger partial charge in [-0.05, 0) is 75.0 Å². The summed E-state index contributed by atoms with van der Waals surface area (Å²) in [6, 6.07) is 4.04. The molecular weight excluding hydrogens is 422 g/mol. The van der Waals surface area contributed by atoms with Crippen LogP contribution in [0.1, 0.15) is 52.7 Å². The molecule has 1 aromatic carbocycles. The fraction of sp³-hybridized carbons (Fsp3) is 0.667. The van der Waals surface area contributed by atoms with Crippen molar-refractivity contribution in [2.45, 2.75) is 78.1 Å². The molecule has 1 aromatic rings. The highest BCUT2D eigenvalue weighted by molar-refractivity contribution is 9.10. The minimum Gasteiger partial charge on any atom is -0.443 e. The first-order valence-corrected chi connectivity index (χ1v) is 13.4. The van der Waals surface area contributed by atoms with Crippen LogP contribution in [0.25, 0.3) is 0 Å². The highest BCUT2D eigenvalue weighted by Crippen LogP contribution is 2.38. The first-order valence-electron chi connectivity index (χ1n) is 9.68. The summed E-state index contributed by atoms with van der Waals surface area (Å²) in [4.78, 5) is 14.3. The van der Waals surface area contributed by atoms with Crippen LogP contribution in [0.3, 0.4) is 0 Å². The molecule has 0 aliphatic carbocycles. The van der Waals surface area contributed by atoms with Crippen molar-refractivity contribution in [3.8, 4) is 0 Å². The lowest BCUT2D eigenvalue weighted by atomic mass is 10.0. The van der Waals surface area contributed by atoms with E-state index < -0.39 is 13.9 Å². The summed E-state index contributed by atoms with van der Waals surface area (Å²) in [6.07, 6.45) is 1.43. The number of carbonyl (C=O) groups is 1. The molecule has 2 rings (SSSR count). The molecule has 0 radical (unpaired) electrons. The van der Waals surface area contributed by atoms with Crippen molar-refractivity contribution in [3.63, 3.8) is 0 Å². The zero-order chi connectivity index (χ0) is 20.6. The predicted molar refractivity (Wildman–Crippen MR) is 118 cm³/mol. The van der Waals surface area contributed by atoms with E-state index in [1.54, 1.807) is 4.90 Å². The smallest absolute Gasteiger partial charge is 0.414 e. The minimum absolute atomic E-state index is 0.205. The van der Waals surface area contributed by atoms with Crippen LogP contribution in [0, 0.1) is 0 Å². The topological polar surface area (TPSA) is 38.8 Å². The van der Waals surface area contributed by atoms with Crippen LogP contribution in [-0.4, -0.2) is 33.2 Å². The van der Waals surface area contributed by atoms with Gasteiger partial charge in [0, 0.05) is 17.6 Å². The molecule has 0 N–H and O–H groups in total. The molecule has 6 heteroatoms. The molecule has 0 fully saturated rings. The van der Waals surface area contributed by atoms with Gasteiger partial charge in [-0.2, -0.15) is 0 Å². The monoisotopic (exact) mass is 455 g/mol. The molecule has 0 saturated heterocycles. The number of hydrogen-bond acceptors (Lipinski definition) is 3. The molecule has 1 aliphatic rings.